The highest BCUT2D eigenvalue weighted by Gasteiger charge is 2.49. The molecule has 132 valence electrons. The number of aryl methyl sites for hydroxylation is 1. The average molecular weight is 353 g/mol. The van der Waals surface area contributed by atoms with Gasteiger partial charge in [0, 0.05) is 25.8 Å². The van der Waals surface area contributed by atoms with Crippen molar-refractivity contribution in [2.75, 3.05) is 44.0 Å². The summed E-state index contributed by atoms with van der Waals surface area (Å²) in [7, 11) is -1.98. The highest BCUT2D eigenvalue weighted by molar-refractivity contribution is 7.89. The Hall–Kier alpha value is -1.48. The Morgan fingerprint density at radius 2 is 1.96 bits per heavy atom. The first-order chi connectivity index (χ1) is 11.2. The van der Waals surface area contributed by atoms with Gasteiger partial charge in [-0.05, 0) is 25.5 Å². The Kier molecular flexibility index (Phi) is 4.41. The molecule has 2 aliphatic rings. The minimum Gasteiger partial charge on any atom is -0.379 e. The second kappa shape index (κ2) is 6.11. The monoisotopic (exact) mass is 353 g/mol. The molecule has 0 radical (unpaired) electrons. The number of nitrogens with zero attached hydrogens (tertiary/aromatic N) is 2. The summed E-state index contributed by atoms with van der Waals surface area (Å²) in [5.41, 5.74) is 1.45. The van der Waals surface area contributed by atoms with Gasteiger partial charge in [-0.2, -0.15) is 0 Å². The minimum absolute atomic E-state index is 0.199. The van der Waals surface area contributed by atoms with Crippen LogP contribution in [0.3, 0.4) is 0 Å². The van der Waals surface area contributed by atoms with E-state index in [1.54, 1.807) is 23.9 Å². The number of carbonyl (C=O) groups excluding carboxylic acids is 1. The highest BCUT2D eigenvalue weighted by atomic mass is 32.2. The van der Waals surface area contributed by atoms with Crippen molar-refractivity contribution >= 4 is 21.6 Å². The number of rotatable bonds is 4. The summed E-state index contributed by atoms with van der Waals surface area (Å²) in [5, 5.41) is 1.63. The second-order valence-corrected chi connectivity index (χ2v) is 8.37. The van der Waals surface area contributed by atoms with E-state index in [4.69, 9.17) is 4.74 Å². The van der Waals surface area contributed by atoms with E-state index in [0.29, 0.717) is 26.3 Å². The number of fused-ring (bicyclic) bond motifs is 1. The molecular formula is C16H23N3O4S. The van der Waals surface area contributed by atoms with E-state index >= 15 is 0 Å². The lowest BCUT2D eigenvalue weighted by atomic mass is 9.85. The van der Waals surface area contributed by atoms with Crippen LogP contribution in [-0.2, 0) is 25.0 Å². The Balaban J connectivity index is 1.88. The molecule has 24 heavy (non-hydrogen) atoms. The Bertz CT molecular complexity index is 759. The van der Waals surface area contributed by atoms with Crippen LogP contribution >= 0.6 is 0 Å². The lowest BCUT2D eigenvalue weighted by Gasteiger charge is -2.29. The fraction of sp³-hybridized carbons (Fsp3) is 0.562. The quantitative estimate of drug-likeness (QED) is 0.847. The third-order valence-electron chi connectivity index (χ3n) is 4.64. The topological polar surface area (TPSA) is 79.0 Å². The number of amides is 1. The summed E-state index contributed by atoms with van der Waals surface area (Å²) < 4.78 is 30.5. The van der Waals surface area contributed by atoms with Crippen LogP contribution in [-0.4, -0.2) is 58.4 Å². The smallest absolute Gasteiger partial charge is 0.238 e. The van der Waals surface area contributed by atoms with Crippen LogP contribution in [0, 0.1) is 6.92 Å². The van der Waals surface area contributed by atoms with Crippen LogP contribution in [0.4, 0.5) is 5.69 Å². The highest BCUT2D eigenvalue weighted by Crippen LogP contribution is 2.42. The number of nitrogens with one attached hydrogen (secondary N) is 1. The van der Waals surface area contributed by atoms with Crippen molar-refractivity contribution < 1.29 is 17.9 Å². The number of ether oxygens (including phenoxy) is 1. The zero-order valence-electron chi connectivity index (χ0n) is 14.2. The summed E-state index contributed by atoms with van der Waals surface area (Å²) in [5.74, 6) is -0.479. The normalized spacial score (nSPS) is 25.1. The van der Waals surface area contributed by atoms with Gasteiger partial charge in [-0.1, -0.05) is 17.7 Å². The van der Waals surface area contributed by atoms with Gasteiger partial charge in [0.2, 0.25) is 15.9 Å². The Morgan fingerprint density at radius 1 is 1.29 bits per heavy atom. The van der Waals surface area contributed by atoms with Crippen LogP contribution < -0.4 is 9.73 Å². The van der Waals surface area contributed by atoms with Gasteiger partial charge in [0.15, 0.2) is 0 Å². The van der Waals surface area contributed by atoms with Crippen LogP contribution in [0.15, 0.2) is 18.2 Å². The molecule has 0 aromatic heterocycles. The van der Waals surface area contributed by atoms with Crippen molar-refractivity contribution in [1.82, 2.24) is 9.84 Å². The molecule has 1 aromatic carbocycles. The summed E-state index contributed by atoms with van der Waals surface area (Å²) >= 11 is 0. The summed E-state index contributed by atoms with van der Waals surface area (Å²) in [6.07, 6.45) is 0. The van der Waals surface area contributed by atoms with E-state index in [1.165, 1.54) is 0 Å². The fourth-order valence-electron chi connectivity index (χ4n) is 3.38. The van der Waals surface area contributed by atoms with E-state index in [1.807, 2.05) is 25.1 Å². The van der Waals surface area contributed by atoms with Crippen molar-refractivity contribution in [3.8, 4) is 0 Å². The number of likely N-dealkylation sites (N-methyl/N-ethyl adjacent to an activating group) is 1. The van der Waals surface area contributed by atoms with Crippen LogP contribution in [0.1, 0.15) is 18.1 Å². The van der Waals surface area contributed by atoms with Crippen LogP contribution in [0.5, 0.6) is 0 Å². The first kappa shape index (κ1) is 17.3. The molecule has 1 amide bonds. The molecule has 1 aromatic rings. The minimum atomic E-state index is -3.66. The van der Waals surface area contributed by atoms with E-state index in [2.05, 4.69) is 4.83 Å². The summed E-state index contributed by atoms with van der Waals surface area (Å²) in [6.45, 7) is 5.62. The first-order valence-electron chi connectivity index (χ1n) is 7.95. The molecule has 1 fully saturated rings. The molecule has 0 saturated carbocycles. The molecule has 0 bridgehead atoms. The van der Waals surface area contributed by atoms with Crippen molar-refractivity contribution in [2.24, 2.45) is 0 Å². The number of hydrogen-bond acceptors (Lipinski definition) is 5. The van der Waals surface area contributed by atoms with Gasteiger partial charge in [0.05, 0.1) is 24.4 Å². The molecule has 7 nitrogen and oxygen atoms in total. The second-order valence-electron chi connectivity index (χ2n) is 6.67. The van der Waals surface area contributed by atoms with Gasteiger partial charge < -0.3 is 9.64 Å². The molecule has 2 heterocycles. The molecule has 3 rings (SSSR count). The van der Waals surface area contributed by atoms with Crippen molar-refractivity contribution in [1.29, 1.82) is 0 Å². The number of hydrazine groups is 1. The van der Waals surface area contributed by atoms with Gasteiger partial charge in [-0.15, -0.1) is 4.83 Å². The summed E-state index contributed by atoms with van der Waals surface area (Å²) in [4.78, 5) is 16.9. The molecule has 1 atom stereocenters. The van der Waals surface area contributed by atoms with Gasteiger partial charge in [0.1, 0.15) is 0 Å². The first-order valence-corrected chi connectivity index (χ1v) is 9.60. The Morgan fingerprint density at radius 3 is 2.62 bits per heavy atom. The molecule has 0 unspecified atom stereocenters. The van der Waals surface area contributed by atoms with E-state index in [-0.39, 0.29) is 11.7 Å². The van der Waals surface area contributed by atoms with Gasteiger partial charge in [-0.25, -0.2) is 13.4 Å². The molecule has 1 N–H and O–H groups in total. The van der Waals surface area contributed by atoms with Crippen LogP contribution in [0.25, 0.3) is 0 Å². The lowest BCUT2D eigenvalue weighted by Crippen LogP contribution is -2.52. The van der Waals surface area contributed by atoms with E-state index in [9.17, 15) is 13.2 Å². The maximum atomic E-state index is 12.8. The molecule has 0 spiro atoms. The number of benzene rings is 1. The standard InChI is InChI=1S/C16H23N3O4S/c1-12-4-5-14-13(10-12)16(2,15(20)18(14)3)11-24(21,22)17-19-6-8-23-9-7-19/h4-5,10,17H,6-9,11H2,1-3H3/t16-/m1/s1. The zero-order valence-corrected chi connectivity index (χ0v) is 15.0. The fourth-order valence-corrected chi connectivity index (χ4v) is 5.06. The van der Waals surface area contributed by atoms with Crippen LogP contribution in [0.2, 0.25) is 0 Å². The molecule has 2 aliphatic heterocycles. The third kappa shape index (κ3) is 3.06. The SMILES string of the molecule is Cc1ccc2c(c1)[C@@](C)(CS(=O)(=O)NN1CCOCC1)C(=O)N2C. The average Bonchev–Trinajstić information content (AvgIpc) is 2.69. The number of hydrogen-bond donors (Lipinski definition) is 1. The van der Waals surface area contributed by atoms with Crippen molar-refractivity contribution in [3.63, 3.8) is 0 Å². The van der Waals surface area contributed by atoms with Crippen molar-refractivity contribution in [3.05, 3.63) is 29.3 Å². The molecule has 1 saturated heterocycles. The largest absolute Gasteiger partial charge is 0.379 e. The molecular weight excluding hydrogens is 330 g/mol. The molecule has 8 heteroatoms. The number of carbonyl (C=O) groups is 1. The number of anilines is 1. The number of morpholine rings is 1. The van der Waals surface area contributed by atoms with E-state index < -0.39 is 15.4 Å². The Labute approximate surface area is 142 Å². The summed E-state index contributed by atoms with van der Waals surface area (Å²) in [6, 6.07) is 5.70. The van der Waals surface area contributed by atoms with Gasteiger partial charge >= 0.3 is 0 Å². The number of sulfonamides is 1. The molecule has 0 aliphatic carbocycles. The predicted molar refractivity (Wildman–Crippen MR) is 91.3 cm³/mol. The van der Waals surface area contributed by atoms with Crippen molar-refractivity contribution in [2.45, 2.75) is 19.3 Å². The van der Waals surface area contributed by atoms with E-state index in [0.717, 1.165) is 16.8 Å². The van der Waals surface area contributed by atoms with Gasteiger partial charge in [-0.3, -0.25) is 4.79 Å². The predicted octanol–water partition coefficient (Wildman–Crippen LogP) is 0.396. The maximum absolute atomic E-state index is 12.8. The maximum Gasteiger partial charge on any atom is 0.238 e. The van der Waals surface area contributed by atoms with Gasteiger partial charge in [0.25, 0.3) is 0 Å². The zero-order chi connectivity index (χ0) is 17.5. The third-order valence-corrected chi connectivity index (χ3v) is 6.14. The lowest BCUT2D eigenvalue weighted by molar-refractivity contribution is -0.121.